The van der Waals surface area contributed by atoms with Gasteiger partial charge in [0, 0.05) is 0 Å². The molecule has 0 atom stereocenters. The van der Waals surface area contributed by atoms with Crippen molar-refractivity contribution in [1.29, 1.82) is 0 Å². The van der Waals surface area contributed by atoms with Crippen molar-refractivity contribution in [2.75, 3.05) is 11.9 Å². The van der Waals surface area contributed by atoms with E-state index in [1.807, 2.05) is 61.1 Å². The minimum Gasteiger partial charge on any atom is -1.00 e. The number of hydrogen-bond donors (Lipinski definition) is 1. The van der Waals surface area contributed by atoms with Crippen LogP contribution in [0.4, 0.5) is 5.69 Å². The lowest BCUT2D eigenvalue weighted by Gasteiger charge is -2.11. The minimum absolute atomic E-state index is 0. The van der Waals surface area contributed by atoms with Crippen LogP contribution in [-0.4, -0.2) is 12.5 Å². The van der Waals surface area contributed by atoms with E-state index in [-0.39, 0.29) is 24.7 Å². The number of para-hydroxylation sites is 1. The second kappa shape index (κ2) is 19.1. The van der Waals surface area contributed by atoms with E-state index >= 15 is 0 Å². The number of unbranched alkanes of at least 4 members (excludes halogenated alkanes) is 11. The molecule has 1 heterocycles. The number of nitrogens with one attached hydrogen (secondary N) is 1. The van der Waals surface area contributed by atoms with Gasteiger partial charge in [-0.2, -0.15) is 4.57 Å². The van der Waals surface area contributed by atoms with E-state index in [4.69, 9.17) is 16.3 Å². The zero-order chi connectivity index (χ0) is 27.0. The Bertz CT molecular complexity index is 1120. The molecule has 3 rings (SSSR count). The summed E-state index contributed by atoms with van der Waals surface area (Å²) in [5.41, 5.74) is 2.71. The second-order valence-corrected chi connectivity index (χ2v) is 11.4. The van der Waals surface area contributed by atoms with Gasteiger partial charge >= 0.3 is 0 Å². The highest BCUT2D eigenvalue weighted by Gasteiger charge is 2.17. The topological polar surface area (TPSA) is 42.2 Å². The number of halogens is 2. The predicted octanol–water partition coefficient (Wildman–Crippen LogP) is 6.16. The van der Waals surface area contributed by atoms with Gasteiger partial charge in [-0.1, -0.05) is 119 Å². The smallest absolute Gasteiger partial charge is 0.270 e. The van der Waals surface area contributed by atoms with Crippen LogP contribution in [0.2, 0.25) is 5.02 Å². The van der Waals surface area contributed by atoms with Crippen LogP contribution < -0.4 is 27.0 Å². The van der Waals surface area contributed by atoms with Crippen molar-refractivity contribution >= 4 is 34.5 Å². The zero-order valence-corrected chi connectivity index (χ0v) is 25.9. The van der Waals surface area contributed by atoms with Gasteiger partial charge < -0.3 is 22.5 Å². The summed E-state index contributed by atoms with van der Waals surface area (Å²) in [7, 11) is 2.01. The van der Waals surface area contributed by atoms with Gasteiger partial charge in [0.2, 0.25) is 5.91 Å². The summed E-state index contributed by atoms with van der Waals surface area (Å²) in [5.74, 6) is 0.594. The molecular formula is C32H44Cl2N2O2S. The molecule has 1 N–H and O–H groups in total. The van der Waals surface area contributed by atoms with E-state index in [0.717, 1.165) is 28.2 Å². The molecule has 7 heteroatoms. The molecule has 0 spiro atoms. The second-order valence-electron chi connectivity index (χ2n) is 10.1. The number of benzene rings is 2. The van der Waals surface area contributed by atoms with Gasteiger partial charge in [-0.3, -0.25) is 4.79 Å². The van der Waals surface area contributed by atoms with Crippen LogP contribution in [0.3, 0.4) is 0 Å². The summed E-state index contributed by atoms with van der Waals surface area (Å²) < 4.78 is 8.05. The summed E-state index contributed by atoms with van der Waals surface area (Å²) in [6, 6.07) is 13.5. The van der Waals surface area contributed by atoms with E-state index in [0.29, 0.717) is 17.4 Å². The lowest BCUT2D eigenvalue weighted by atomic mass is 10.1. The zero-order valence-electron chi connectivity index (χ0n) is 23.5. The summed E-state index contributed by atoms with van der Waals surface area (Å²) in [6.07, 6.45) is 18.1. The molecule has 0 fully saturated rings. The van der Waals surface area contributed by atoms with Crippen LogP contribution in [0.25, 0.3) is 10.6 Å². The standard InChI is InChI=1S/C32H43ClN2O2S.ClH/c1-3-4-5-6-7-8-9-10-11-12-13-16-22-37-30-24-26(19-20-28(30)33)25-31(36)34-29-18-15-14-17-27(29)32-35(2)21-23-38-32;/h14-15,17-21,23-24H,3-13,16,22,25H2,1-2H3;1H. The normalized spacial score (nSPS) is 10.7. The van der Waals surface area contributed by atoms with E-state index in [1.54, 1.807) is 11.3 Å². The molecule has 0 saturated carbocycles. The number of carbonyl (C=O) groups is 1. The molecule has 1 aromatic heterocycles. The van der Waals surface area contributed by atoms with Crippen LogP contribution in [-0.2, 0) is 18.3 Å². The Morgan fingerprint density at radius 2 is 1.56 bits per heavy atom. The lowest BCUT2D eigenvalue weighted by Crippen LogP contribution is -3.00. The number of amides is 1. The van der Waals surface area contributed by atoms with Crippen molar-refractivity contribution in [3.8, 4) is 16.3 Å². The van der Waals surface area contributed by atoms with Gasteiger partial charge in [-0.05, 0) is 36.2 Å². The maximum absolute atomic E-state index is 12.9. The monoisotopic (exact) mass is 590 g/mol. The highest BCUT2D eigenvalue weighted by Crippen LogP contribution is 2.29. The molecule has 3 aromatic rings. The van der Waals surface area contributed by atoms with Crippen molar-refractivity contribution in [3.63, 3.8) is 0 Å². The van der Waals surface area contributed by atoms with Crippen LogP contribution >= 0.6 is 22.9 Å². The molecule has 0 aliphatic rings. The van der Waals surface area contributed by atoms with Crippen molar-refractivity contribution in [1.82, 2.24) is 0 Å². The molecule has 0 unspecified atom stereocenters. The van der Waals surface area contributed by atoms with Gasteiger partial charge in [-0.25, -0.2) is 0 Å². The fourth-order valence-electron chi connectivity index (χ4n) is 4.64. The number of anilines is 1. The molecule has 0 aliphatic heterocycles. The number of ether oxygens (including phenoxy) is 1. The highest BCUT2D eigenvalue weighted by atomic mass is 35.5. The van der Waals surface area contributed by atoms with Gasteiger partial charge in [-0.15, -0.1) is 0 Å². The maximum Gasteiger partial charge on any atom is 0.270 e. The molecular weight excluding hydrogens is 547 g/mol. The first-order chi connectivity index (χ1) is 18.6. The molecule has 2 aromatic carbocycles. The van der Waals surface area contributed by atoms with Crippen molar-refractivity contribution in [2.24, 2.45) is 7.05 Å². The number of rotatable bonds is 18. The number of carbonyl (C=O) groups excluding carboxylic acids is 1. The fraction of sp³-hybridized carbons (Fsp3) is 0.500. The van der Waals surface area contributed by atoms with Crippen LogP contribution in [0, 0.1) is 0 Å². The summed E-state index contributed by atoms with van der Waals surface area (Å²) in [5, 5.41) is 6.81. The third kappa shape index (κ3) is 11.9. The van der Waals surface area contributed by atoms with E-state index in [1.165, 1.54) is 70.6 Å². The molecule has 0 saturated heterocycles. The van der Waals surface area contributed by atoms with Gasteiger partial charge in [0.1, 0.15) is 12.8 Å². The number of hydrogen-bond acceptors (Lipinski definition) is 3. The van der Waals surface area contributed by atoms with E-state index in [9.17, 15) is 4.79 Å². The number of aryl methyl sites for hydroxylation is 1. The largest absolute Gasteiger partial charge is 1.00 e. The first-order valence-corrected chi connectivity index (χ1v) is 15.6. The first-order valence-electron chi connectivity index (χ1n) is 14.3. The molecule has 39 heavy (non-hydrogen) atoms. The molecule has 0 radical (unpaired) electrons. The Hall–Kier alpha value is -2.08. The number of aromatic nitrogens is 1. The van der Waals surface area contributed by atoms with Crippen molar-refractivity contribution in [2.45, 2.75) is 90.4 Å². The van der Waals surface area contributed by atoms with Crippen LogP contribution in [0.15, 0.2) is 54.0 Å². The molecule has 0 aliphatic carbocycles. The summed E-state index contributed by atoms with van der Waals surface area (Å²) in [6.45, 7) is 2.92. The Balaban J connectivity index is 0.00000533. The Morgan fingerprint density at radius 3 is 2.21 bits per heavy atom. The SMILES string of the molecule is CCCCCCCCCCCCCCOc1cc(CC(=O)Nc2ccccc2-c2scc[n+]2C)ccc1Cl.[Cl-]. The Labute approximate surface area is 250 Å². The number of nitrogens with zero attached hydrogens (tertiary/aromatic N) is 1. The van der Waals surface area contributed by atoms with Crippen molar-refractivity contribution < 1.29 is 26.5 Å². The molecule has 1 amide bonds. The fourth-order valence-corrected chi connectivity index (χ4v) is 5.72. The average molecular weight is 592 g/mol. The van der Waals surface area contributed by atoms with Crippen LogP contribution in [0.5, 0.6) is 5.75 Å². The number of thiazole rings is 1. The van der Waals surface area contributed by atoms with Gasteiger partial charge in [0.05, 0.1) is 34.7 Å². The minimum atomic E-state index is -0.0640. The van der Waals surface area contributed by atoms with E-state index < -0.39 is 0 Å². The third-order valence-electron chi connectivity index (χ3n) is 6.83. The highest BCUT2D eigenvalue weighted by molar-refractivity contribution is 7.12. The van der Waals surface area contributed by atoms with Crippen LogP contribution in [0.1, 0.15) is 89.5 Å². The quantitative estimate of drug-likeness (QED) is 0.142. The molecule has 4 nitrogen and oxygen atoms in total. The first kappa shape index (κ1) is 33.1. The predicted molar refractivity (Wildman–Crippen MR) is 161 cm³/mol. The van der Waals surface area contributed by atoms with Gasteiger partial charge in [0.25, 0.3) is 5.01 Å². The third-order valence-corrected chi connectivity index (χ3v) is 8.13. The Morgan fingerprint density at radius 1 is 0.923 bits per heavy atom. The molecule has 214 valence electrons. The average Bonchev–Trinajstić information content (AvgIpc) is 3.34. The lowest BCUT2D eigenvalue weighted by molar-refractivity contribution is -0.655. The van der Waals surface area contributed by atoms with Gasteiger partial charge in [0.15, 0.2) is 6.20 Å². The Kier molecular flexibility index (Phi) is 16.2. The van der Waals surface area contributed by atoms with E-state index in [2.05, 4.69) is 16.8 Å². The summed E-state index contributed by atoms with van der Waals surface area (Å²) in [4.78, 5) is 12.9. The van der Waals surface area contributed by atoms with Crippen molar-refractivity contribution in [3.05, 3.63) is 64.6 Å². The summed E-state index contributed by atoms with van der Waals surface area (Å²) >= 11 is 8.03. The maximum atomic E-state index is 12.9. The molecule has 0 bridgehead atoms.